The number of unbranched alkanes of at least 4 members (excludes halogenated alkanes) is 11. The van der Waals surface area contributed by atoms with Crippen molar-refractivity contribution in [2.75, 3.05) is 19.8 Å². The third-order valence-corrected chi connectivity index (χ3v) is 7.53. The summed E-state index contributed by atoms with van der Waals surface area (Å²) >= 11 is 0. The number of aliphatic hydroxyl groups is 8. The smallest absolute Gasteiger partial charge is 0.306 e. The van der Waals surface area contributed by atoms with Crippen LogP contribution in [0.3, 0.4) is 0 Å². The molecule has 12 nitrogen and oxygen atoms in total. The first-order chi connectivity index (χ1) is 20.2. The zero-order chi connectivity index (χ0) is 31.3. The molecule has 12 heteroatoms. The van der Waals surface area contributed by atoms with Gasteiger partial charge in [-0.2, -0.15) is 0 Å². The molecule has 0 bridgehead atoms. The SMILES string of the molecule is CCCCCCCC/C=C\CCCCCCCC(=O)O[C@H](CO)[C@H]1OC[C@H](O)[C@H]1O.OC[C@H]1OC(O)[C@H](O)[C@@H](O)[C@@H]1O. The Hall–Kier alpha value is -1.19. The van der Waals surface area contributed by atoms with E-state index >= 15 is 0 Å². The zero-order valence-electron chi connectivity index (χ0n) is 25.1. The molecule has 2 fully saturated rings. The molecule has 2 saturated heterocycles. The number of allylic oxidation sites excluding steroid dienone is 2. The highest BCUT2D eigenvalue weighted by Gasteiger charge is 2.43. The number of hydrogen-bond donors (Lipinski definition) is 8. The second kappa shape index (κ2) is 23.2. The number of carbonyl (C=O) groups is 1. The van der Waals surface area contributed by atoms with Gasteiger partial charge in [0, 0.05) is 6.42 Å². The average Bonchev–Trinajstić information content (AvgIpc) is 3.32. The summed E-state index contributed by atoms with van der Waals surface area (Å²) in [6.45, 7) is 1.26. The van der Waals surface area contributed by atoms with E-state index in [1.54, 1.807) is 0 Å². The van der Waals surface area contributed by atoms with Gasteiger partial charge in [-0.05, 0) is 32.1 Å². The lowest BCUT2D eigenvalue weighted by molar-refractivity contribution is -0.286. The van der Waals surface area contributed by atoms with Crippen molar-refractivity contribution >= 4 is 5.97 Å². The number of ether oxygens (including phenoxy) is 3. The van der Waals surface area contributed by atoms with Crippen molar-refractivity contribution < 1.29 is 59.9 Å². The highest BCUT2D eigenvalue weighted by Crippen LogP contribution is 2.21. The molecule has 0 radical (unpaired) electrons. The van der Waals surface area contributed by atoms with E-state index in [1.165, 1.54) is 51.4 Å². The van der Waals surface area contributed by atoms with Gasteiger partial charge >= 0.3 is 5.97 Å². The van der Waals surface area contributed by atoms with Gasteiger partial charge in [0.1, 0.15) is 42.7 Å². The van der Waals surface area contributed by atoms with Crippen molar-refractivity contribution in [3.63, 3.8) is 0 Å². The standard InChI is InChI=1S/C24H44O6.C6H12O6/c1-2-3-4-5-6-7-8-9-10-11-12-13-14-15-16-17-22(27)30-21(18-25)24-23(28)20(26)19-29-24;7-1-2-3(8)4(9)5(10)6(11)12-2/h9-10,20-21,23-26,28H,2-8,11-19H2,1H3;2-11H,1H2/b10-9-;/t20-,21+,23+,24+;2-,3-,4+,5-,6?/m01/s1. The largest absolute Gasteiger partial charge is 0.457 e. The quantitative estimate of drug-likeness (QED) is 0.0583. The summed E-state index contributed by atoms with van der Waals surface area (Å²) in [6, 6.07) is 0. The fourth-order valence-electron chi connectivity index (χ4n) is 4.81. The van der Waals surface area contributed by atoms with Crippen molar-refractivity contribution in [2.45, 2.75) is 152 Å². The van der Waals surface area contributed by atoms with E-state index < -0.39 is 74.3 Å². The van der Waals surface area contributed by atoms with Crippen LogP contribution in [0.1, 0.15) is 96.8 Å². The Morgan fingerprint density at radius 2 is 1.36 bits per heavy atom. The Morgan fingerprint density at radius 1 is 0.786 bits per heavy atom. The zero-order valence-corrected chi connectivity index (χ0v) is 25.1. The third-order valence-electron chi connectivity index (χ3n) is 7.53. The average molecular weight is 609 g/mol. The molecule has 2 heterocycles. The van der Waals surface area contributed by atoms with Crippen LogP contribution < -0.4 is 0 Å². The molecular weight excluding hydrogens is 552 g/mol. The van der Waals surface area contributed by atoms with E-state index in [0.29, 0.717) is 6.42 Å². The second-order valence-electron chi connectivity index (χ2n) is 11.1. The maximum Gasteiger partial charge on any atom is 0.306 e. The Labute approximate surface area is 249 Å². The summed E-state index contributed by atoms with van der Waals surface area (Å²) < 4.78 is 15.0. The van der Waals surface area contributed by atoms with Crippen LogP contribution in [0, 0.1) is 0 Å². The van der Waals surface area contributed by atoms with E-state index in [1.807, 2.05) is 0 Å². The molecule has 0 saturated carbocycles. The summed E-state index contributed by atoms with van der Waals surface area (Å²) in [4.78, 5) is 11.9. The summed E-state index contributed by atoms with van der Waals surface area (Å²) in [6.07, 6.45) is 9.48. The Balaban J connectivity index is 0.000000609. The first-order valence-corrected chi connectivity index (χ1v) is 15.6. The first-order valence-electron chi connectivity index (χ1n) is 15.6. The van der Waals surface area contributed by atoms with Crippen LogP contribution in [0.2, 0.25) is 0 Å². The molecule has 0 aromatic rings. The number of carbonyl (C=O) groups excluding carboxylic acids is 1. The van der Waals surface area contributed by atoms with Crippen molar-refractivity contribution in [3.8, 4) is 0 Å². The molecule has 248 valence electrons. The molecule has 0 spiro atoms. The Kier molecular flexibility index (Phi) is 21.5. The van der Waals surface area contributed by atoms with E-state index in [9.17, 15) is 20.1 Å². The van der Waals surface area contributed by atoms with Gasteiger partial charge in [0.25, 0.3) is 0 Å². The van der Waals surface area contributed by atoms with Gasteiger partial charge in [0.05, 0.1) is 19.8 Å². The molecule has 0 aliphatic carbocycles. The molecule has 0 aromatic carbocycles. The van der Waals surface area contributed by atoms with Crippen LogP contribution in [-0.2, 0) is 19.0 Å². The number of hydrogen-bond acceptors (Lipinski definition) is 12. The molecule has 9 atom stereocenters. The molecule has 2 aliphatic heterocycles. The van der Waals surface area contributed by atoms with Gasteiger partial charge in [0.15, 0.2) is 12.4 Å². The van der Waals surface area contributed by atoms with E-state index in [4.69, 9.17) is 35.0 Å². The maximum absolute atomic E-state index is 11.9. The minimum atomic E-state index is -1.57. The van der Waals surface area contributed by atoms with Crippen molar-refractivity contribution in [2.24, 2.45) is 0 Å². The van der Waals surface area contributed by atoms with Crippen LogP contribution in [0.15, 0.2) is 12.2 Å². The number of rotatable bonds is 19. The van der Waals surface area contributed by atoms with Gasteiger partial charge in [-0.15, -0.1) is 0 Å². The second-order valence-corrected chi connectivity index (χ2v) is 11.1. The van der Waals surface area contributed by atoms with E-state index in [-0.39, 0.29) is 6.61 Å². The van der Waals surface area contributed by atoms with E-state index in [2.05, 4.69) is 23.8 Å². The molecule has 2 aliphatic rings. The predicted molar refractivity (Wildman–Crippen MR) is 154 cm³/mol. The first kappa shape index (κ1) is 38.8. The molecule has 2 rings (SSSR count). The normalized spacial score (nSPS) is 30.2. The van der Waals surface area contributed by atoms with Crippen molar-refractivity contribution in [3.05, 3.63) is 12.2 Å². The van der Waals surface area contributed by atoms with Gasteiger partial charge in [-0.1, -0.05) is 70.4 Å². The molecular formula is C30H56O12. The fraction of sp³-hybridized carbons (Fsp3) is 0.900. The maximum atomic E-state index is 11.9. The van der Waals surface area contributed by atoms with Crippen LogP contribution in [0.5, 0.6) is 0 Å². The van der Waals surface area contributed by atoms with Crippen LogP contribution in [0.4, 0.5) is 0 Å². The fourth-order valence-corrected chi connectivity index (χ4v) is 4.81. The summed E-state index contributed by atoms with van der Waals surface area (Å²) in [7, 11) is 0. The summed E-state index contributed by atoms with van der Waals surface area (Å²) in [5, 5.41) is 73.3. The third kappa shape index (κ3) is 15.0. The monoisotopic (exact) mass is 608 g/mol. The van der Waals surface area contributed by atoms with Crippen LogP contribution in [-0.4, -0.2) is 122 Å². The summed E-state index contributed by atoms with van der Waals surface area (Å²) in [5.74, 6) is -0.399. The molecule has 42 heavy (non-hydrogen) atoms. The van der Waals surface area contributed by atoms with Crippen molar-refractivity contribution in [1.29, 1.82) is 0 Å². The van der Waals surface area contributed by atoms with Gasteiger partial charge < -0.3 is 55.1 Å². The lowest BCUT2D eigenvalue weighted by Gasteiger charge is -2.37. The lowest BCUT2D eigenvalue weighted by atomic mass is 10.00. The van der Waals surface area contributed by atoms with Crippen LogP contribution in [0.25, 0.3) is 0 Å². The highest BCUT2D eigenvalue weighted by molar-refractivity contribution is 5.69. The van der Waals surface area contributed by atoms with Crippen molar-refractivity contribution in [1.82, 2.24) is 0 Å². The Morgan fingerprint density at radius 3 is 1.88 bits per heavy atom. The minimum absolute atomic E-state index is 0.0197. The number of aliphatic hydroxyl groups excluding tert-OH is 8. The van der Waals surface area contributed by atoms with Gasteiger partial charge in [-0.25, -0.2) is 0 Å². The summed E-state index contributed by atoms with van der Waals surface area (Å²) in [5.41, 5.74) is 0. The predicted octanol–water partition coefficient (Wildman–Crippen LogP) is 0.827. The van der Waals surface area contributed by atoms with Gasteiger partial charge in [0.2, 0.25) is 0 Å². The molecule has 1 unspecified atom stereocenters. The lowest BCUT2D eigenvalue weighted by Crippen LogP contribution is -2.58. The molecule has 0 amide bonds. The van der Waals surface area contributed by atoms with Gasteiger partial charge in [-0.3, -0.25) is 4.79 Å². The molecule has 8 N–H and O–H groups in total. The highest BCUT2D eigenvalue weighted by atomic mass is 16.6. The Bertz CT molecular complexity index is 703. The molecule has 0 aromatic heterocycles. The van der Waals surface area contributed by atoms with Crippen LogP contribution >= 0.6 is 0 Å². The topological polar surface area (TPSA) is 207 Å². The minimum Gasteiger partial charge on any atom is -0.457 e. The van der Waals surface area contributed by atoms with E-state index in [0.717, 1.165) is 32.1 Å². The number of esters is 1.